The molecule has 12 nitrogen and oxygen atoms in total. The van der Waals surface area contributed by atoms with E-state index in [1.54, 1.807) is 22.8 Å². The van der Waals surface area contributed by atoms with Gasteiger partial charge in [0.2, 0.25) is 0 Å². The van der Waals surface area contributed by atoms with Crippen LogP contribution >= 0.6 is 11.6 Å². The third-order valence-electron chi connectivity index (χ3n) is 6.61. The maximum atomic E-state index is 13.4. The van der Waals surface area contributed by atoms with Gasteiger partial charge < -0.3 is 14.3 Å². The molecule has 0 aliphatic carbocycles. The quantitative estimate of drug-likeness (QED) is 0.236. The summed E-state index contributed by atoms with van der Waals surface area (Å²) in [5.74, 6) is -3.73. The van der Waals surface area contributed by atoms with E-state index >= 15 is 0 Å². The summed E-state index contributed by atoms with van der Waals surface area (Å²) in [7, 11) is 0. The van der Waals surface area contributed by atoms with Crippen molar-refractivity contribution in [1.29, 1.82) is 0 Å². The third-order valence-corrected chi connectivity index (χ3v) is 6.84. The van der Waals surface area contributed by atoms with E-state index in [0.717, 1.165) is 11.8 Å². The largest absolute Gasteiger partial charge is 0.491 e. The number of hydrogen-bond donors (Lipinski definition) is 1. The summed E-state index contributed by atoms with van der Waals surface area (Å²) < 4.78 is 44.3. The maximum absolute atomic E-state index is 13.4. The number of alkyl halides is 3. The van der Waals surface area contributed by atoms with Gasteiger partial charge in [-0.25, -0.2) is 19.6 Å². The van der Waals surface area contributed by atoms with Crippen molar-refractivity contribution in [2.75, 3.05) is 0 Å². The zero-order valence-corrected chi connectivity index (χ0v) is 21.8. The number of rotatable bonds is 5. The minimum absolute atomic E-state index is 0.270. The molecule has 0 fully saturated rings. The van der Waals surface area contributed by atoms with Crippen molar-refractivity contribution in [3.05, 3.63) is 93.8 Å². The number of fused-ring (bicyclic) bond motifs is 1. The number of halogens is 4. The highest BCUT2D eigenvalue weighted by atomic mass is 35.5. The van der Waals surface area contributed by atoms with E-state index in [-0.39, 0.29) is 5.56 Å². The van der Waals surface area contributed by atoms with Gasteiger partial charge in [0.15, 0.2) is 0 Å². The molecular formula is C26H16ClF3N8O4. The second-order valence-corrected chi connectivity index (χ2v) is 9.64. The number of aromatic amines is 1. The van der Waals surface area contributed by atoms with Crippen LogP contribution in [0.2, 0.25) is 5.02 Å². The Morgan fingerprint density at radius 1 is 1.07 bits per heavy atom. The number of aromatic nitrogens is 8. The zero-order chi connectivity index (χ0) is 29.6. The smallest absolute Gasteiger partial charge is 0.381 e. The number of carbonyl (C=O) groups is 2. The topological polar surface area (TPSA) is 151 Å². The van der Waals surface area contributed by atoms with E-state index in [4.69, 9.17) is 11.6 Å². The fraction of sp³-hybridized carbons (Fsp3) is 0.154. The molecule has 4 aromatic heterocycles. The molecule has 1 aliphatic heterocycles. The molecular weight excluding hydrogens is 581 g/mol. The number of H-pyrrole nitrogens is 1. The molecule has 1 aliphatic rings. The number of hydrogen-bond acceptors (Lipinski definition) is 9. The van der Waals surface area contributed by atoms with Gasteiger partial charge in [-0.1, -0.05) is 11.6 Å². The van der Waals surface area contributed by atoms with E-state index < -0.39 is 29.9 Å². The lowest BCUT2D eigenvalue weighted by Gasteiger charge is -2.15. The molecule has 0 saturated carbocycles. The second kappa shape index (κ2) is 10.3. The maximum Gasteiger partial charge on any atom is 0.491 e. The molecule has 0 unspecified atom stereocenters. The Morgan fingerprint density at radius 2 is 1.90 bits per heavy atom. The molecule has 42 heavy (non-hydrogen) atoms. The Labute approximate surface area is 237 Å². The summed E-state index contributed by atoms with van der Waals surface area (Å²) in [6, 6.07) is 10.8. The first-order valence-electron chi connectivity index (χ1n) is 12.2. The molecule has 5 aromatic rings. The zero-order valence-electron chi connectivity index (χ0n) is 21.0. The molecule has 0 amide bonds. The lowest BCUT2D eigenvalue weighted by Crippen LogP contribution is -2.28. The Hall–Kier alpha value is -5.18. The van der Waals surface area contributed by atoms with E-state index in [0.29, 0.717) is 51.8 Å². The molecule has 0 spiro atoms. The normalized spacial score (nSPS) is 14.5. The van der Waals surface area contributed by atoms with Crippen molar-refractivity contribution in [2.45, 2.75) is 25.1 Å². The average molecular weight is 597 g/mol. The van der Waals surface area contributed by atoms with Crippen LogP contribution in [0.15, 0.2) is 66.0 Å². The van der Waals surface area contributed by atoms with Crippen LogP contribution in [0.4, 0.5) is 13.2 Å². The molecule has 0 radical (unpaired) electrons. The number of carbonyl (C=O) groups excluding carboxylic acids is 2. The predicted octanol–water partition coefficient (Wildman–Crippen LogP) is 3.71. The second-order valence-electron chi connectivity index (χ2n) is 9.20. The summed E-state index contributed by atoms with van der Waals surface area (Å²) >= 11 is 6.26. The van der Waals surface area contributed by atoms with Crippen LogP contribution in [0.3, 0.4) is 0 Å². The standard InChI is InChI=1S/C26H16ClF3N8O4/c27-15-1-3-20(37-12-33-35-36-37)17(10-15)14-7-16-2-4-21(38(16)22(39)9-14)23-32-11-19(34-23)13-5-6-31-18(8-13)24(40)42-25(41)26(28,29)30/h1,3,5-12,21H,2,4H2,(H,32,34)/t21-/m0/s1. The Morgan fingerprint density at radius 3 is 2.67 bits per heavy atom. The fourth-order valence-corrected chi connectivity index (χ4v) is 4.95. The highest BCUT2D eigenvalue weighted by Gasteiger charge is 2.42. The molecule has 1 N–H and O–H groups in total. The number of pyridine rings is 2. The highest BCUT2D eigenvalue weighted by molar-refractivity contribution is 6.31. The summed E-state index contributed by atoms with van der Waals surface area (Å²) in [5.41, 5.74) is 2.71. The van der Waals surface area contributed by atoms with Crippen LogP contribution in [0, 0.1) is 0 Å². The minimum Gasteiger partial charge on any atom is -0.381 e. The monoisotopic (exact) mass is 596 g/mol. The molecule has 1 atom stereocenters. The van der Waals surface area contributed by atoms with Gasteiger partial charge >= 0.3 is 18.1 Å². The highest BCUT2D eigenvalue weighted by Crippen LogP contribution is 2.34. The number of esters is 2. The van der Waals surface area contributed by atoms with Gasteiger partial charge in [-0.2, -0.15) is 17.9 Å². The SMILES string of the molecule is O=C(OC(=O)C(F)(F)F)c1cc(-c2cnc([C@@H]3CCc4cc(-c5cc(Cl)ccc5-n5cnnn5)cc(=O)n43)[nH]2)ccn1. The number of nitrogens with one attached hydrogen (secondary N) is 1. The first-order valence-corrected chi connectivity index (χ1v) is 12.6. The van der Waals surface area contributed by atoms with Crippen LogP contribution in [-0.2, 0) is 16.0 Å². The molecule has 1 aromatic carbocycles. The number of imidazole rings is 1. The number of aryl methyl sites for hydroxylation is 1. The van der Waals surface area contributed by atoms with E-state index in [2.05, 4.69) is 35.2 Å². The van der Waals surface area contributed by atoms with Gasteiger partial charge in [0.05, 0.1) is 23.6 Å². The van der Waals surface area contributed by atoms with E-state index in [9.17, 15) is 27.6 Å². The van der Waals surface area contributed by atoms with E-state index in [1.807, 2.05) is 6.07 Å². The molecule has 5 heterocycles. The van der Waals surface area contributed by atoms with Gasteiger partial charge in [0.25, 0.3) is 5.56 Å². The Bertz CT molecular complexity index is 1900. The van der Waals surface area contributed by atoms with Gasteiger partial charge in [-0.05, 0) is 65.2 Å². The van der Waals surface area contributed by atoms with Gasteiger partial charge in [-0.15, -0.1) is 5.10 Å². The van der Waals surface area contributed by atoms with Crippen molar-refractivity contribution in [1.82, 2.24) is 39.7 Å². The lowest BCUT2D eigenvalue weighted by molar-refractivity contribution is -0.193. The average Bonchev–Trinajstić information content (AvgIpc) is 3.73. The molecule has 6 rings (SSSR count). The van der Waals surface area contributed by atoms with Crippen LogP contribution in [-0.4, -0.2) is 57.8 Å². The van der Waals surface area contributed by atoms with Crippen molar-refractivity contribution >= 4 is 23.5 Å². The molecule has 0 saturated heterocycles. The number of benzene rings is 1. The Kier molecular flexibility index (Phi) is 6.65. The van der Waals surface area contributed by atoms with Crippen LogP contribution in [0.5, 0.6) is 0 Å². The van der Waals surface area contributed by atoms with Gasteiger partial charge in [-0.3, -0.25) is 4.79 Å². The van der Waals surface area contributed by atoms with E-state index in [1.165, 1.54) is 35.5 Å². The van der Waals surface area contributed by atoms with Crippen molar-refractivity contribution < 1.29 is 27.5 Å². The van der Waals surface area contributed by atoms with Gasteiger partial charge in [0.1, 0.15) is 17.8 Å². The molecule has 212 valence electrons. The van der Waals surface area contributed by atoms with Crippen LogP contribution < -0.4 is 5.56 Å². The fourth-order valence-electron chi connectivity index (χ4n) is 4.78. The van der Waals surface area contributed by atoms with Crippen LogP contribution in [0.25, 0.3) is 28.1 Å². The first kappa shape index (κ1) is 27.0. The summed E-state index contributed by atoms with van der Waals surface area (Å²) in [6.07, 6.45) is -0.109. The first-order chi connectivity index (χ1) is 20.1. The van der Waals surface area contributed by atoms with Crippen molar-refractivity contribution in [2.24, 2.45) is 0 Å². The van der Waals surface area contributed by atoms with Crippen molar-refractivity contribution in [3.63, 3.8) is 0 Å². The van der Waals surface area contributed by atoms with Gasteiger partial charge in [0, 0.05) is 34.1 Å². The van der Waals surface area contributed by atoms with Crippen LogP contribution in [0.1, 0.15) is 34.5 Å². The predicted molar refractivity (Wildman–Crippen MR) is 139 cm³/mol. The number of ether oxygens (including phenoxy) is 1. The lowest BCUT2D eigenvalue weighted by atomic mass is 10.0. The van der Waals surface area contributed by atoms with Crippen molar-refractivity contribution in [3.8, 4) is 28.1 Å². The minimum atomic E-state index is -5.33. The third kappa shape index (κ3) is 5.05. The molecule has 0 bridgehead atoms. The summed E-state index contributed by atoms with van der Waals surface area (Å²) in [5, 5.41) is 11.8. The molecule has 16 heteroatoms. The Balaban J connectivity index is 1.28. The summed E-state index contributed by atoms with van der Waals surface area (Å²) in [6.45, 7) is 0. The summed E-state index contributed by atoms with van der Waals surface area (Å²) in [4.78, 5) is 47.7. The number of nitrogens with zero attached hydrogens (tertiary/aromatic N) is 7. The number of tetrazole rings is 1.